The lowest BCUT2D eigenvalue weighted by Crippen LogP contribution is -2.48. The van der Waals surface area contributed by atoms with Crippen LogP contribution in [0.15, 0.2) is 40.9 Å². The maximum Gasteiger partial charge on any atom is 0.292 e. The molecular weight excluding hydrogens is 294 g/mol. The first-order valence-corrected chi connectivity index (χ1v) is 7.68. The molecule has 0 bridgehead atoms. The summed E-state index contributed by atoms with van der Waals surface area (Å²) in [6, 6.07) is 11.2. The molecule has 0 saturated carbocycles. The molecule has 2 aromatic rings. The molecule has 2 heterocycles. The van der Waals surface area contributed by atoms with Gasteiger partial charge in [0.1, 0.15) is 5.69 Å². The Hall–Kier alpha value is -2.63. The lowest BCUT2D eigenvalue weighted by atomic mass is 9.92. The first-order valence-electron chi connectivity index (χ1n) is 7.68. The van der Waals surface area contributed by atoms with Crippen molar-refractivity contribution in [1.29, 1.82) is 0 Å². The second kappa shape index (κ2) is 6.24. The number of likely N-dealkylation sites (tertiary alicyclic amines) is 1. The monoisotopic (exact) mass is 313 g/mol. The molecule has 3 rings (SSSR count). The molecule has 1 aromatic heterocycles. The molecule has 23 heavy (non-hydrogen) atoms. The number of hydrogen-bond donors (Lipinski definition) is 1. The SMILES string of the molecule is C[C@@H]1CC[C@@H](C(N)=O)CN1C(=O)c1cc(-c2ccccc2)no1. The van der Waals surface area contributed by atoms with Crippen LogP contribution in [0.3, 0.4) is 0 Å². The Morgan fingerprint density at radius 1 is 1.26 bits per heavy atom. The molecule has 1 saturated heterocycles. The summed E-state index contributed by atoms with van der Waals surface area (Å²) in [4.78, 5) is 25.7. The molecular formula is C17H19N3O3. The third-order valence-corrected chi connectivity index (χ3v) is 4.34. The van der Waals surface area contributed by atoms with E-state index in [1.807, 2.05) is 37.3 Å². The standard InChI is InChI=1S/C17H19N3O3/c1-11-7-8-13(16(18)21)10-20(11)17(22)15-9-14(19-23-15)12-5-3-2-4-6-12/h2-6,9,11,13H,7-8,10H2,1H3,(H2,18,21)/t11-,13-/m1/s1. The van der Waals surface area contributed by atoms with Crippen molar-refractivity contribution in [2.75, 3.05) is 6.54 Å². The molecule has 1 aromatic carbocycles. The zero-order valence-corrected chi connectivity index (χ0v) is 12.9. The number of hydrogen-bond acceptors (Lipinski definition) is 4. The van der Waals surface area contributed by atoms with Crippen molar-refractivity contribution in [3.05, 3.63) is 42.2 Å². The van der Waals surface area contributed by atoms with Gasteiger partial charge in [0.05, 0.1) is 5.92 Å². The van der Waals surface area contributed by atoms with Crippen molar-refractivity contribution >= 4 is 11.8 Å². The summed E-state index contributed by atoms with van der Waals surface area (Å²) in [6.45, 7) is 2.29. The number of nitrogens with two attached hydrogens (primary N) is 1. The lowest BCUT2D eigenvalue weighted by Gasteiger charge is -2.36. The number of aromatic nitrogens is 1. The van der Waals surface area contributed by atoms with Crippen LogP contribution in [0, 0.1) is 5.92 Å². The van der Waals surface area contributed by atoms with Crippen molar-refractivity contribution in [2.45, 2.75) is 25.8 Å². The van der Waals surface area contributed by atoms with Gasteiger partial charge in [-0.25, -0.2) is 0 Å². The highest BCUT2D eigenvalue weighted by atomic mass is 16.5. The molecule has 0 spiro atoms. The van der Waals surface area contributed by atoms with Crippen LogP contribution in [0.5, 0.6) is 0 Å². The number of nitrogens with zero attached hydrogens (tertiary/aromatic N) is 2. The van der Waals surface area contributed by atoms with E-state index < -0.39 is 0 Å². The Balaban J connectivity index is 1.80. The predicted molar refractivity (Wildman–Crippen MR) is 84.4 cm³/mol. The number of carbonyl (C=O) groups excluding carboxylic acids is 2. The van der Waals surface area contributed by atoms with Crippen LogP contribution >= 0.6 is 0 Å². The van der Waals surface area contributed by atoms with Gasteiger partial charge in [-0.05, 0) is 19.8 Å². The highest BCUT2D eigenvalue weighted by Crippen LogP contribution is 2.25. The maximum absolute atomic E-state index is 12.7. The minimum absolute atomic E-state index is 0.0448. The largest absolute Gasteiger partial charge is 0.369 e. The normalized spacial score (nSPS) is 21.2. The molecule has 6 heteroatoms. The minimum atomic E-state index is -0.364. The van der Waals surface area contributed by atoms with Crippen LogP contribution in [0.2, 0.25) is 0 Å². The summed E-state index contributed by atoms with van der Waals surface area (Å²) in [5.41, 5.74) is 6.88. The molecule has 6 nitrogen and oxygen atoms in total. The number of piperidine rings is 1. The van der Waals surface area contributed by atoms with Crippen LogP contribution in [0.4, 0.5) is 0 Å². The fourth-order valence-electron chi connectivity index (χ4n) is 2.88. The number of amides is 2. The summed E-state index contributed by atoms with van der Waals surface area (Å²) in [5, 5.41) is 3.97. The fraction of sp³-hybridized carbons (Fsp3) is 0.353. The van der Waals surface area contributed by atoms with Gasteiger partial charge >= 0.3 is 0 Å². The Kier molecular flexibility index (Phi) is 4.14. The Morgan fingerprint density at radius 2 is 2.00 bits per heavy atom. The second-order valence-electron chi connectivity index (χ2n) is 5.93. The highest BCUT2D eigenvalue weighted by molar-refractivity contribution is 5.93. The summed E-state index contributed by atoms with van der Waals surface area (Å²) in [5.74, 6) is -0.733. The van der Waals surface area contributed by atoms with Gasteiger partial charge in [-0.2, -0.15) is 0 Å². The highest BCUT2D eigenvalue weighted by Gasteiger charge is 2.33. The average molecular weight is 313 g/mol. The van der Waals surface area contributed by atoms with E-state index in [0.29, 0.717) is 18.7 Å². The van der Waals surface area contributed by atoms with Gasteiger partial charge in [-0.15, -0.1) is 0 Å². The molecule has 120 valence electrons. The van der Waals surface area contributed by atoms with Gasteiger partial charge in [0, 0.05) is 24.2 Å². The van der Waals surface area contributed by atoms with Crippen LogP contribution < -0.4 is 5.73 Å². The van der Waals surface area contributed by atoms with Gasteiger partial charge in [-0.3, -0.25) is 9.59 Å². The van der Waals surface area contributed by atoms with Crippen molar-refractivity contribution in [1.82, 2.24) is 10.1 Å². The Bertz CT molecular complexity index is 711. The van der Waals surface area contributed by atoms with E-state index in [1.165, 1.54) is 0 Å². The van der Waals surface area contributed by atoms with Crippen molar-refractivity contribution in [3.63, 3.8) is 0 Å². The van der Waals surface area contributed by atoms with Gasteiger partial charge in [0.25, 0.3) is 5.91 Å². The molecule has 0 unspecified atom stereocenters. The summed E-state index contributed by atoms with van der Waals surface area (Å²) in [7, 11) is 0. The van der Waals surface area contributed by atoms with Crippen LogP contribution in [-0.2, 0) is 4.79 Å². The van der Waals surface area contributed by atoms with E-state index in [-0.39, 0.29) is 29.5 Å². The number of carbonyl (C=O) groups is 2. The third-order valence-electron chi connectivity index (χ3n) is 4.34. The average Bonchev–Trinajstić information content (AvgIpc) is 3.05. The molecule has 1 aliphatic rings. The van der Waals surface area contributed by atoms with E-state index >= 15 is 0 Å². The van der Waals surface area contributed by atoms with Crippen LogP contribution in [0.1, 0.15) is 30.3 Å². The summed E-state index contributed by atoms with van der Waals surface area (Å²) >= 11 is 0. The van der Waals surface area contributed by atoms with Crippen molar-refractivity contribution in [3.8, 4) is 11.3 Å². The molecule has 0 radical (unpaired) electrons. The first kappa shape index (κ1) is 15.3. The lowest BCUT2D eigenvalue weighted by molar-refractivity contribution is -0.123. The van der Waals surface area contributed by atoms with Gasteiger partial charge in [0.15, 0.2) is 0 Å². The fourth-order valence-corrected chi connectivity index (χ4v) is 2.88. The molecule has 2 N–H and O–H groups in total. The third kappa shape index (κ3) is 3.11. The van der Waals surface area contributed by atoms with E-state index in [1.54, 1.807) is 11.0 Å². The topological polar surface area (TPSA) is 89.4 Å². The van der Waals surface area contributed by atoms with Gasteiger partial charge in [-0.1, -0.05) is 35.5 Å². The van der Waals surface area contributed by atoms with Crippen molar-refractivity contribution in [2.24, 2.45) is 11.7 Å². The number of benzene rings is 1. The molecule has 2 amide bonds. The Labute approximate surface area is 134 Å². The quantitative estimate of drug-likeness (QED) is 0.939. The molecule has 0 aliphatic carbocycles. The number of primary amides is 1. The molecule has 2 atom stereocenters. The van der Waals surface area contributed by atoms with E-state index in [4.69, 9.17) is 10.3 Å². The summed E-state index contributed by atoms with van der Waals surface area (Å²) in [6.07, 6.45) is 1.46. The van der Waals surface area contributed by atoms with E-state index in [2.05, 4.69) is 5.16 Å². The zero-order valence-electron chi connectivity index (χ0n) is 12.9. The van der Waals surface area contributed by atoms with E-state index in [0.717, 1.165) is 12.0 Å². The smallest absolute Gasteiger partial charge is 0.292 e. The zero-order chi connectivity index (χ0) is 16.4. The minimum Gasteiger partial charge on any atom is -0.369 e. The number of rotatable bonds is 3. The van der Waals surface area contributed by atoms with Gasteiger partial charge < -0.3 is 15.2 Å². The van der Waals surface area contributed by atoms with Crippen LogP contribution in [-0.4, -0.2) is 34.5 Å². The molecule has 1 aliphatic heterocycles. The van der Waals surface area contributed by atoms with E-state index in [9.17, 15) is 9.59 Å². The van der Waals surface area contributed by atoms with Crippen LogP contribution in [0.25, 0.3) is 11.3 Å². The van der Waals surface area contributed by atoms with Crippen molar-refractivity contribution < 1.29 is 14.1 Å². The first-order chi connectivity index (χ1) is 11.1. The second-order valence-corrected chi connectivity index (χ2v) is 5.93. The van der Waals surface area contributed by atoms with Gasteiger partial charge in [0.2, 0.25) is 11.7 Å². The molecule has 1 fully saturated rings. The Morgan fingerprint density at radius 3 is 2.70 bits per heavy atom. The predicted octanol–water partition coefficient (Wildman–Crippen LogP) is 2.07. The maximum atomic E-state index is 12.7. The summed E-state index contributed by atoms with van der Waals surface area (Å²) < 4.78 is 5.22.